The molecule has 2 fully saturated rings. The normalized spacial score (nSPS) is 21.5. The molecule has 2 aliphatic rings. The van der Waals surface area contributed by atoms with Crippen LogP contribution in [0.5, 0.6) is 0 Å². The molecular weight excluding hydrogens is 301 g/mol. The molecule has 4 rings (SSSR count). The Morgan fingerprint density at radius 1 is 1.18 bits per heavy atom. The van der Waals surface area contributed by atoms with Gasteiger partial charge in [-0.25, -0.2) is 4.39 Å². The van der Waals surface area contributed by atoms with Crippen LogP contribution in [0.25, 0.3) is 11.4 Å². The standard InChI is InChI=1S/C16H16FN3OS/c17-12-5-2-1-4-11(12)15-18-19-16(20(15)10-8-9-10)22-14-7-3-6-13(14)21/h1-2,4-5,10,14H,3,6-9H2. The van der Waals surface area contributed by atoms with Crippen molar-refractivity contribution in [2.24, 2.45) is 0 Å². The van der Waals surface area contributed by atoms with Crippen molar-refractivity contribution in [1.82, 2.24) is 14.8 Å². The third-order valence-corrected chi connectivity index (χ3v) is 5.46. The molecule has 2 aromatic rings. The minimum Gasteiger partial charge on any atom is -0.299 e. The number of thioether (sulfide) groups is 1. The van der Waals surface area contributed by atoms with Gasteiger partial charge >= 0.3 is 0 Å². The van der Waals surface area contributed by atoms with Gasteiger partial charge in [0, 0.05) is 12.5 Å². The predicted octanol–water partition coefficient (Wildman–Crippen LogP) is 3.63. The summed E-state index contributed by atoms with van der Waals surface area (Å²) in [5.74, 6) is 0.585. The Morgan fingerprint density at radius 2 is 2.00 bits per heavy atom. The van der Waals surface area contributed by atoms with Gasteiger partial charge in [-0.1, -0.05) is 23.9 Å². The van der Waals surface area contributed by atoms with Crippen LogP contribution in [0.15, 0.2) is 29.4 Å². The Morgan fingerprint density at radius 3 is 2.68 bits per heavy atom. The number of hydrogen-bond acceptors (Lipinski definition) is 4. The van der Waals surface area contributed by atoms with E-state index in [1.807, 2.05) is 4.57 Å². The highest BCUT2D eigenvalue weighted by molar-refractivity contribution is 8.00. The summed E-state index contributed by atoms with van der Waals surface area (Å²) >= 11 is 1.49. The first kappa shape index (κ1) is 13.9. The van der Waals surface area contributed by atoms with Crippen LogP contribution in [0.4, 0.5) is 4.39 Å². The molecule has 6 heteroatoms. The number of carbonyl (C=O) groups excluding carboxylic acids is 1. The van der Waals surface area contributed by atoms with Gasteiger partial charge in [-0.3, -0.25) is 9.36 Å². The molecule has 1 atom stereocenters. The zero-order valence-corrected chi connectivity index (χ0v) is 12.9. The molecular formula is C16H16FN3OS. The molecule has 1 aromatic heterocycles. The van der Waals surface area contributed by atoms with Gasteiger partial charge in [0.15, 0.2) is 11.0 Å². The van der Waals surface area contributed by atoms with Gasteiger partial charge in [-0.15, -0.1) is 10.2 Å². The molecule has 2 aliphatic carbocycles. The molecule has 0 radical (unpaired) electrons. The molecule has 4 nitrogen and oxygen atoms in total. The van der Waals surface area contributed by atoms with Gasteiger partial charge < -0.3 is 0 Å². The molecule has 1 heterocycles. The van der Waals surface area contributed by atoms with E-state index >= 15 is 0 Å². The van der Waals surface area contributed by atoms with Crippen molar-refractivity contribution in [1.29, 1.82) is 0 Å². The highest BCUT2D eigenvalue weighted by atomic mass is 32.2. The zero-order valence-electron chi connectivity index (χ0n) is 12.0. The molecule has 114 valence electrons. The Hall–Kier alpha value is -1.69. The van der Waals surface area contributed by atoms with Crippen molar-refractivity contribution in [2.45, 2.75) is 48.6 Å². The van der Waals surface area contributed by atoms with Crippen LogP contribution in [0.1, 0.15) is 38.1 Å². The maximum atomic E-state index is 14.1. The SMILES string of the molecule is O=C1CCCC1Sc1nnc(-c2ccccc2F)n1C1CC1. The molecule has 0 aliphatic heterocycles. The Kier molecular flexibility index (Phi) is 3.48. The van der Waals surface area contributed by atoms with E-state index in [1.54, 1.807) is 18.2 Å². The lowest BCUT2D eigenvalue weighted by molar-refractivity contribution is -0.116. The van der Waals surface area contributed by atoms with E-state index in [9.17, 15) is 9.18 Å². The summed E-state index contributed by atoms with van der Waals surface area (Å²) < 4.78 is 16.1. The summed E-state index contributed by atoms with van der Waals surface area (Å²) in [5, 5.41) is 9.20. The fourth-order valence-electron chi connectivity index (χ4n) is 2.88. The molecule has 0 spiro atoms. The van der Waals surface area contributed by atoms with Gasteiger partial charge in [-0.2, -0.15) is 0 Å². The van der Waals surface area contributed by atoms with Crippen LogP contribution in [-0.4, -0.2) is 25.8 Å². The number of aromatic nitrogens is 3. The van der Waals surface area contributed by atoms with E-state index in [-0.39, 0.29) is 11.1 Å². The van der Waals surface area contributed by atoms with E-state index in [0.29, 0.717) is 29.6 Å². The van der Waals surface area contributed by atoms with E-state index in [0.717, 1.165) is 30.8 Å². The summed E-state index contributed by atoms with van der Waals surface area (Å²) in [4.78, 5) is 11.9. The van der Waals surface area contributed by atoms with Crippen LogP contribution in [0.2, 0.25) is 0 Å². The fraction of sp³-hybridized carbons (Fsp3) is 0.438. The fourth-order valence-corrected chi connectivity index (χ4v) is 4.11. The summed E-state index contributed by atoms with van der Waals surface area (Å²) in [5.41, 5.74) is 0.478. The van der Waals surface area contributed by atoms with Gasteiger partial charge in [0.1, 0.15) is 11.6 Å². The van der Waals surface area contributed by atoms with Gasteiger partial charge in [0.2, 0.25) is 0 Å². The Labute approximate surface area is 132 Å². The Balaban J connectivity index is 1.72. The second kappa shape index (κ2) is 5.50. The average molecular weight is 317 g/mol. The molecule has 2 saturated carbocycles. The monoisotopic (exact) mass is 317 g/mol. The van der Waals surface area contributed by atoms with Crippen molar-refractivity contribution in [3.8, 4) is 11.4 Å². The van der Waals surface area contributed by atoms with Gasteiger partial charge in [0.25, 0.3) is 0 Å². The molecule has 1 unspecified atom stereocenters. The predicted molar refractivity (Wildman–Crippen MR) is 82.2 cm³/mol. The summed E-state index contributed by atoms with van der Waals surface area (Å²) in [6.45, 7) is 0. The van der Waals surface area contributed by atoms with Crippen LogP contribution >= 0.6 is 11.8 Å². The number of benzene rings is 1. The number of rotatable bonds is 4. The van der Waals surface area contributed by atoms with Crippen LogP contribution in [0.3, 0.4) is 0 Å². The molecule has 0 amide bonds. The van der Waals surface area contributed by atoms with E-state index in [1.165, 1.54) is 17.8 Å². The highest BCUT2D eigenvalue weighted by Gasteiger charge is 2.34. The summed E-state index contributed by atoms with van der Waals surface area (Å²) in [6.07, 6.45) is 4.64. The van der Waals surface area contributed by atoms with Crippen LogP contribution in [0, 0.1) is 5.82 Å². The smallest absolute Gasteiger partial charge is 0.192 e. The first-order valence-corrected chi connectivity index (χ1v) is 8.51. The number of ketones is 1. The van der Waals surface area contributed by atoms with E-state index < -0.39 is 0 Å². The maximum Gasteiger partial charge on any atom is 0.192 e. The third kappa shape index (κ3) is 2.45. The average Bonchev–Trinajstić information content (AvgIpc) is 3.15. The molecule has 0 saturated heterocycles. The van der Waals surface area contributed by atoms with Crippen molar-refractivity contribution >= 4 is 17.5 Å². The quantitative estimate of drug-likeness (QED) is 0.864. The first-order chi connectivity index (χ1) is 10.7. The second-order valence-electron chi connectivity index (χ2n) is 5.85. The van der Waals surface area contributed by atoms with Gasteiger partial charge in [-0.05, 0) is 37.8 Å². The second-order valence-corrected chi connectivity index (χ2v) is 7.02. The maximum absolute atomic E-state index is 14.1. The third-order valence-electron chi connectivity index (χ3n) is 4.19. The number of nitrogens with zero attached hydrogens (tertiary/aromatic N) is 3. The molecule has 22 heavy (non-hydrogen) atoms. The lowest BCUT2D eigenvalue weighted by atomic mass is 10.2. The number of carbonyl (C=O) groups is 1. The minimum absolute atomic E-state index is 0.0184. The van der Waals surface area contributed by atoms with Crippen molar-refractivity contribution in [3.63, 3.8) is 0 Å². The van der Waals surface area contributed by atoms with Crippen molar-refractivity contribution in [3.05, 3.63) is 30.1 Å². The highest BCUT2D eigenvalue weighted by Crippen LogP contribution is 2.43. The Bertz CT molecular complexity index is 726. The van der Waals surface area contributed by atoms with E-state index in [2.05, 4.69) is 10.2 Å². The molecule has 1 aromatic carbocycles. The zero-order chi connectivity index (χ0) is 15.1. The lowest BCUT2D eigenvalue weighted by Gasteiger charge is -2.11. The van der Waals surface area contributed by atoms with Crippen LogP contribution in [-0.2, 0) is 4.79 Å². The number of halogens is 1. The summed E-state index contributed by atoms with van der Waals surface area (Å²) in [6, 6.07) is 6.98. The number of Topliss-reactive ketones (excluding diaryl/α,β-unsaturated/α-hetero) is 1. The first-order valence-electron chi connectivity index (χ1n) is 7.63. The number of hydrogen-bond donors (Lipinski definition) is 0. The summed E-state index contributed by atoms with van der Waals surface area (Å²) in [7, 11) is 0. The van der Waals surface area contributed by atoms with Crippen LogP contribution < -0.4 is 0 Å². The van der Waals surface area contributed by atoms with E-state index in [4.69, 9.17) is 0 Å². The molecule has 0 N–H and O–H groups in total. The van der Waals surface area contributed by atoms with Gasteiger partial charge in [0.05, 0.1) is 10.8 Å². The molecule has 0 bridgehead atoms. The topological polar surface area (TPSA) is 47.8 Å². The van der Waals surface area contributed by atoms with Crippen molar-refractivity contribution < 1.29 is 9.18 Å². The van der Waals surface area contributed by atoms with Crippen molar-refractivity contribution in [2.75, 3.05) is 0 Å². The lowest BCUT2D eigenvalue weighted by Crippen LogP contribution is -2.10. The minimum atomic E-state index is -0.287. The largest absolute Gasteiger partial charge is 0.299 e.